The fourth-order valence-electron chi connectivity index (χ4n) is 1.47. The van der Waals surface area contributed by atoms with Gasteiger partial charge in [-0.15, -0.1) is 5.56 Å². The van der Waals surface area contributed by atoms with Gasteiger partial charge in [0.15, 0.2) is 0 Å². The van der Waals surface area contributed by atoms with Crippen molar-refractivity contribution in [2.24, 2.45) is 0 Å². The minimum Gasteiger partial charge on any atom is -1.00 e. The van der Waals surface area contributed by atoms with Gasteiger partial charge in [-0.25, -0.2) is 4.39 Å². The number of rotatable bonds is 2. The fourth-order valence-corrected chi connectivity index (χ4v) is 1.47. The molecule has 84 valence electrons. The Bertz CT molecular complexity index is 462. The molecule has 0 heterocycles. The molecule has 0 unspecified atom stereocenters. The summed E-state index contributed by atoms with van der Waals surface area (Å²) >= 11 is 0. The third-order valence-electron chi connectivity index (χ3n) is 2.19. The number of benzene rings is 2. The van der Waals surface area contributed by atoms with Crippen LogP contribution in [-0.4, -0.2) is 30.2 Å². The molecule has 0 fully saturated rings. The summed E-state index contributed by atoms with van der Waals surface area (Å²) < 4.78 is 18.3. The molecule has 0 amide bonds. The van der Waals surface area contributed by atoms with Gasteiger partial charge >= 0.3 is 23.1 Å². The van der Waals surface area contributed by atoms with Gasteiger partial charge in [0, 0.05) is 5.56 Å². The van der Waals surface area contributed by atoms with E-state index in [1.807, 2.05) is 12.1 Å². The van der Waals surface area contributed by atoms with Crippen LogP contribution in [0.3, 0.4) is 0 Å². The molecule has 0 aromatic heterocycles. The van der Waals surface area contributed by atoms with E-state index in [1.54, 1.807) is 25.3 Å². The Morgan fingerprint density at radius 3 is 2.35 bits per heavy atom. The molecular formula is C13H10BrFMgO. The van der Waals surface area contributed by atoms with E-state index in [1.165, 1.54) is 12.1 Å². The molecule has 0 saturated heterocycles. The van der Waals surface area contributed by atoms with E-state index in [9.17, 15) is 4.39 Å². The zero-order chi connectivity index (χ0) is 10.7. The second-order valence-corrected chi connectivity index (χ2v) is 3.13. The quantitative estimate of drug-likeness (QED) is 0.557. The molecule has 1 nitrogen and oxygen atoms in total. The predicted octanol–water partition coefficient (Wildman–Crippen LogP) is -0.0753. The van der Waals surface area contributed by atoms with E-state index in [-0.39, 0.29) is 45.9 Å². The Hall–Kier alpha value is -0.584. The molecule has 2 rings (SSSR count). The van der Waals surface area contributed by atoms with Crippen LogP contribution in [0.5, 0.6) is 5.75 Å². The van der Waals surface area contributed by atoms with Crippen molar-refractivity contribution in [3.8, 4) is 16.9 Å². The van der Waals surface area contributed by atoms with Crippen LogP contribution >= 0.6 is 0 Å². The molecule has 0 aliphatic carbocycles. The van der Waals surface area contributed by atoms with Crippen LogP contribution in [0.15, 0.2) is 42.5 Å². The largest absolute Gasteiger partial charge is 2.00 e. The standard InChI is InChI=1S/C13H10FO.BrH.Mg/c1-15-13-8-7-11(14)9-12(13)10-5-3-2-4-6-10;;/h3-9H,1H3;1H;/q-1;;+2/p-1. The summed E-state index contributed by atoms with van der Waals surface area (Å²) in [5.74, 6) is 0.404. The van der Waals surface area contributed by atoms with Crippen LogP contribution in [0, 0.1) is 11.9 Å². The summed E-state index contributed by atoms with van der Waals surface area (Å²) in [6.07, 6.45) is 0. The minimum absolute atomic E-state index is 0. The predicted molar refractivity (Wildman–Crippen MR) is 63.0 cm³/mol. The summed E-state index contributed by atoms with van der Waals surface area (Å²) in [7, 11) is 1.58. The van der Waals surface area contributed by atoms with E-state index in [0.29, 0.717) is 5.75 Å². The van der Waals surface area contributed by atoms with Crippen LogP contribution < -0.4 is 21.7 Å². The van der Waals surface area contributed by atoms with Gasteiger partial charge in [0.25, 0.3) is 0 Å². The molecule has 0 spiro atoms. The monoisotopic (exact) mass is 304 g/mol. The van der Waals surface area contributed by atoms with E-state index in [4.69, 9.17) is 4.74 Å². The van der Waals surface area contributed by atoms with Crippen molar-refractivity contribution in [2.75, 3.05) is 7.11 Å². The van der Waals surface area contributed by atoms with Crippen LogP contribution in [0.1, 0.15) is 0 Å². The topological polar surface area (TPSA) is 9.23 Å². The van der Waals surface area contributed by atoms with Crippen molar-refractivity contribution in [2.45, 2.75) is 0 Å². The Morgan fingerprint density at radius 2 is 1.76 bits per heavy atom. The Morgan fingerprint density at radius 1 is 1.12 bits per heavy atom. The number of halogens is 2. The van der Waals surface area contributed by atoms with Crippen LogP contribution in [0.4, 0.5) is 4.39 Å². The second-order valence-electron chi connectivity index (χ2n) is 3.13. The molecule has 0 saturated carbocycles. The van der Waals surface area contributed by atoms with Gasteiger partial charge < -0.3 is 21.7 Å². The number of hydrogen-bond acceptors (Lipinski definition) is 1. The minimum atomic E-state index is -0.265. The molecule has 0 bridgehead atoms. The maximum Gasteiger partial charge on any atom is 2.00 e. The molecular weight excluding hydrogens is 295 g/mol. The van der Waals surface area contributed by atoms with Crippen molar-refractivity contribution in [3.63, 3.8) is 0 Å². The summed E-state index contributed by atoms with van der Waals surface area (Å²) in [4.78, 5) is 0. The Labute approximate surface area is 127 Å². The van der Waals surface area contributed by atoms with Gasteiger partial charge in [-0.05, 0) is 18.2 Å². The molecule has 0 aliphatic rings. The first-order chi connectivity index (χ1) is 7.31. The van der Waals surface area contributed by atoms with E-state index in [2.05, 4.69) is 6.07 Å². The Kier molecular flexibility index (Phi) is 7.42. The average Bonchev–Trinajstić information content (AvgIpc) is 2.30. The molecule has 2 aromatic carbocycles. The first kappa shape index (κ1) is 16.4. The summed E-state index contributed by atoms with van der Waals surface area (Å²) in [5.41, 5.74) is 1.68. The SMILES string of the molecule is COc1ccc(F)cc1-c1cc[c-]cc1.[Br-].[Mg+2]. The molecule has 0 aliphatic heterocycles. The zero-order valence-electron chi connectivity index (χ0n) is 9.41. The summed E-state index contributed by atoms with van der Waals surface area (Å²) in [5, 5.41) is 0. The fraction of sp³-hybridized carbons (Fsp3) is 0.0769. The molecule has 0 radical (unpaired) electrons. The second kappa shape index (κ2) is 7.69. The van der Waals surface area contributed by atoms with Crippen molar-refractivity contribution in [1.82, 2.24) is 0 Å². The smallest absolute Gasteiger partial charge is 1.00 e. The van der Waals surface area contributed by atoms with E-state index >= 15 is 0 Å². The van der Waals surface area contributed by atoms with Gasteiger partial charge in [-0.2, -0.15) is 30.3 Å². The molecule has 4 heteroatoms. The molecule has 0 N–H and O–H groups in total. The van der Waals surface area contributed by atoms with Gasteiger partial charge in [0.05, 0.1) is 7.11 Å². The Balaban J connectivity index is 0.00000128. The first-order valence-corrected chi connectivity index (χ1v) is 4.61. The van der Waals surface area contributed by atoms with Crippen LogP contribution in [-0.2, 0) is 0 Å². The van der Waals surface area contributed by atoms with Gasteiger partial charge in [-0.1, -0.05) is 0 Å². The average molecular weight is 305 g/mol. The van der Waals surface area contributed by atoms with E-state index < -0.39 is 0 Å². The van der Waals surface area contributed by atoms with Crippen LogP contribution in [0.2, 0.25) is 0 Å². The summed E-state index contributed by atoms with van der Waals surface area (Å²) in [6.45, 7) is 0. The van der Waals surface area contributed by atoms with Gasteiger partial charge in [0.2, 0.25) is 0 Å². The number of methoxy groups -OCH3 is 1. The van der Waals surface area contributed by atoms with Gasteiger partial charge in [0.1, 0.15) is 11.6 Å². The third kappa shape index (κ3) is 3.98. The molecule has 2 aromatic rings. The van der Waals surface area contributed by atoms with Crippen molar-refractivity contribution < 1.29 is 26.1 Å². The maximum atomic E-state index is 13.1. The third-order valence-corrected chi connectivity index (χ3v) is 2.19. The number of hydrogen-bond donors (Lipinski definition) is 0. The molecule has 0 atom stereocenters. The summed E-state index contributed by atoms with van der Waals surface area (Å²) in [6, 6.07) is 14.7. The van der Waals surface area contributed by atoms with Crippen molar-refractivity contribution in [1.29, 1.82) is 0 Å². The normalized spacial score (nSPS) is 8.82. The maximum absolute atomic E-state index is 13.1. The van der Waals surface area contributed by atoms with Crippen LogP contribution in [0.25, 0.3) is 11.1 Å². The molecule has 17 heavy (non-hydrogen) atoms. The van der Waals surface area contributed by atoms with E-state index in [0.717, 1.165) is 11.1 Å². The zero-order valence-corrected chi connectivity index (χ0v) is 12.4. The van der Waals surface area contributed by atoms with Gasteiger partial charge in [-0.3, -0.25) is 0 Å². The first-order valence-electron chi connectivity index (χ1n) is 4.61. The number of ether oxygens (including phenoxy) is 1. The van der Waals surface area contributed by atoms with Crippen molar-refractivity contribution >= 4 is 23.1 Å². The van der Waals surface area contributed by atoms with Crippen molar-refractivity contribution in [3.05, 3.63) is 54.3 Å².